The number of fused-ring (bicyclic) bond motifs is 2. The number of carbonyl (C=O) groups is 1. The van der Waals surface area contributed by atoms with E-state index in [-0.39, 0.29) is 24.4 Å². The van der Waals surface area contributed by atoms with Gasteiger partial charge in [0.25, 0.3) is 0 Å². The average molecular weight is 284 g/mol. The Kier molecular flexibility index (Phi) is 3.12. The van der Waals surface area contributed by atoms with Crippen LogP contribution >= 0.6 is 0 Å². The number of ether oxygens (including phenoxy) is 1. The number of alkyl halides is 3. The summed E-state index contributed by atoms with van der Waals surface area (Å²) in [6.45, 7) is -0.0278. The van der Waals surface area contributed by atoms with E-state index in [1.165, 1.54) is 6.07 Å². The van der Waals surface area contributed by atoms with Crippen molar-refractivity contribution in [3.05, 3.63) is 35.4 Å². The third kappa shape index (κ3) is 2.14. The molecule has 1 aliphatic heterocycles. The lowest BCUT2D eigenvalue weighted by Gasteiger charge is -2.44. The first-order chi connectivity index (χ1) is 9.42. The lowest BCUT2D eigenvalue weighted by molar-refractivity contribution is -0.234. The second kappa shape index (κ2) is 4.58. The molecule has 0 amide bonds. The Morgan fingerprint density at radius 1 is 1.25 bits per heavy atom. The fraction of sp³-hybridized carbons (Fsp3) is 0.533. The van der Waals surface area contributed by atoms with Crippen LogP contribution < -0.4 is 0 Å². The van der Waals surface area contributed by atoms with Gasteiger partial charge in [-0.1, -0.05) is 24.3 Å². The second-order valence-electron chi connectivity index (χ2n) is 5.67. The van der Waals surface area contributed by atoms with E-state index in [0.717, 1.165) is 0 Å². The van der Waals surface area contributed by atoms with Crippen LogP contribution in [0.5, 0.6) is 0 Å². The molecule has 2 aliphatic rings. The third-order valence-corrected chi connectivity index (χ3v) is 4.28. The molecule has 5 heteroatoms. The van der Waals surface area contributed by atoms with Gasteiger partial charge >= 0.3 is 6.18 Å². The summed E-state index contributed by atoms with van der Waals surface area (Å²) in [5.74, 6) is 0.111. The fourth-order valence-electron chi connectivity index (χ4n) is 3.42. The van der Waals surface area contributed by atoms with Gasteiger partial charge in [-0.05, 0) is 24.0 Å². The van der Waals surface area contributed by atoms with Crippen molar-refractivity contribution in [2.45, 2.75) is 43.4 Å². The SMILES string of the molecule is O=C1CCCC2(COC(C(F)(F)F)c3ccccc32)C1. The van der Waals surface area contributed by atoms with Gasteiger partial charge in [0.1, 0.15) is 5.78 Å². The molecule has 0 bridgehead atoms. The summed E-state index contributed by atoms with van der Waals surface area (Å²) in [5, 5.41) is 0. The smallest absolute Gasteiger partial charge is 0.363 e. The van der Waals surface area contributed by atoms with Gasteiger partial charge < -0.3 is 4.74 Å². The van der Waals surface area contributed by atoms with E-state index in [1.54, 1.807) is 18.2 Å². The summed E-state index contributed by atoms with van der Waals surface area (Å²) in [5.41, 5.74) is 0.246. The summed E-state index contributed by atoms with van der Waals surface area (Å²) in [6.07, 6.45) is -4.06. The highest BCUT2D eigenvalue weighted by atomic mass is 19.4. The number of carbonyl (C=O) groups excluding carboxylic acids is 1. The van der Waals surface area contributed by atoms with Crippen molar-refractivity contribution in [1.82, 2.24) is 0 Å². The van der Waals surface area contributed by atoms with Gasteiger partial charge in [0.05, 0.1) is 6.61 Å². The van der Waals surface area contributed by atoms with Crippen molar-refractivity contribution < 1.29 is 22.7 Å². The number of hydrogen-bond donors (Lipinski definition) is 0. The summed E-state index contributed by atoms with van der Waals surface area (Å²) < 4.78 is 44.3. The summed E-state index contributed by atoms with van der Waals surface area (Å²) >= 11 is 0. The molecule has 108 valence electrons. The second-order valence-corrected chi connectivity index (χ2v) is 5.67. The highest BCUT2D eigenvalue weighted by Gasteiger charge is 2.51. The van der Waals surface area contributed by atoms with E-state index < -0.39 is 17.7 Å². The molecule has 2 nitrogen and oxygen atoms in total. The quantitative estimate of drug-likeness (QED) is 0.726. The van der Waals surface area contributed by atoms with Crippen molar-refractivity contribution >= 4 is 5.78 Å². The lowest BCUT2D eigenvalue weighted by atomic mass is 9.66. The minimum atomic E-state index is -4.42. The van der Waals surface area contributed by atoms with Crippen molar-refractivity contribution in [3.8, 4) is 0 Å². The number of ketones is 1. The molecule has 20 heavy (non-hydrogen) atoms. The predicted octanol–water partition coefficient (Wildman–Crippen LogP) is 3.70. The fourth-order valence-corrected chi connectivity index (χ4v) is 3.42. The van der Waals surface area contributed by atoms with Gasteiger partial charge in [-0.25, -0.2) is 0 Å². The minimum absolute atomic E-state index is 0.0278. The Hall–Kier alpha value is -1.36. The molecule has 0 radical (unpaired) electrons. The molecule has 1 spiro atoms. The third-order valence-electron chi connectivity index (χ3n) is 4.28. The van der Waals surface area contributed by atoms with E-state index in [9.17, 15) is 18.0 Å². The Morgan fingerprint density at radius 3 is 2.70 bits per heavy atom. The van der Waals surface area contributed by atoms with Gasteiger partial charge in [0.2, 0.25) is 0 Å². The van der Waals surface area contributed by atoms with Crippen LogP contribution in [-0.2, 0) is 14.9 Å². The largest absolute Gasteiger partial charge is 0.418 e. The van der Waals surface area contributed by atoms with E-state index in [4.69, 9.17) is 4.74 Å². The van der Waals surface area contributed by atoms with Gasteiger partial charge in [-0.3, -0.25) is 4.79 Å². The van der Waals surface area contributed by atoms with E-state index in [0.29, 0.717) is 24.8 Å². The molecule has 2 atom stereocenters. The Balaban J connectivity index is 2.07. The van der Waals surface area contributed by atoms with Crippen LogP contribution in [0.25, 0.3) is 0 Å². The highest BCUT2D eigenvalue weighted by Crippen LogP contribution is 2.49. The number of benzene rings is 1. The topological polar surface area (TPSA) is 26.3 Å². The van der Waals surface area contributed by atoms with Crippen LogP contribution in [0.3, 0.4) is 0 Å². The normalized spacial score (nSPS) is 30.4. The molecule has 2 unspecified atom stereocenters. The van der Waals surface area contributed by atoms with Gasteiger partial charge in [-0.15, -0.1) is 0 Å². The van der Waals surface area contributed by atoms with Crippen LogP contribution in [0.2, 0.25) is 0 Å². The molecular weight excluding hydrogens is 269 g/mol. The van der Waals surface area contributed by atoms with Crippen LogP contribution in [0, 0.1) is 0 Å². The molecule has 1 aromatic carbocycles. The van der Waals surface area contributed by atoms with E-state index in [2.05, 4.69) is 0 Å². The van der Waals surface area contributed by atoms with Crippen molar-refractivity contribution in [2.24, 2.45) is 0 Å². The molecule has 0 saturated heterocycles. The van der Waals surface area contributed by atoms with Gasteiger partial charge in [0, 0.05) is 18.3 Å². The van der Waals surface area contributed by atoms with Crippen LogP contribution in [0.1, 0.15) is 42.9 Å². The van der Waals surface area contributed by atoms with E-state index >= 15 is 0 Å². The predicted molar refractivity (Wildman–Crippen MR) is 66.3 cm³/mol. The monoisotopic (exact) mass is 284 g/mol. The maximum atomic E-state index is 13.1. The summed E-state index contributed by atoms with van der Waals surface area (Å²) in [7, 11) is 0. The zero-order valence-electron chi connectivity index (χ0n) is 10.9. The average Bonchev–Trinajstić information content (AvgIpc) is 2.38. The molecule has 1 fully saturated rings. The first-order valence-electron chi connectivity index (χ1n) is 6.72. The minimum Gasteiger partial charge on any atom is -0.363 e. The maximum absolute atomic E-state index is 13.1. The zero-order chi connectivity index (χ0) is 14.4. The molecule has 0 N–H and O–H groups in total. The molecule has 1 aromatic rings. The maximum Gasteiger partial charge on any atom is 0.418 e. The molecule has 3 rings (SSSR count). The number of halogens is 3. The molecule has 1 aliphatic carbocycles. The number of rotatable bonds is 0. The first-order valence-corrected chi connectivity index (χ1v) is 6.72. The molecular formula is C15H15F3O2. The Bertz CT molecular complexity index is 538. The van der Waals surface area contributed by atoms with E-state index in [1.807, 2.05) is 0 Å². The van der Waals surface area contributed by atoms with Crippen molar-refractivity contribution in [1.29, 1.82) is 0 Å². The van der Waals surface area contributed by atoms with Gasteiger partial charge in [0.15, 0.2) is 6.10 Å². The first kappa shape index (κ1) is 13.6. The van der Waals surface area contributed by atoms with Gasteiger partial charge in [-0.2, -0.15) is 13.2 Å². The molecule has 1 heterocycles. The van der Waals surface area contributed by atoms with Crippen LogP contribution in [-0.4, -0.2) is 18.6 Å². The Morgan fingerprint density at radius 2 is 2.00 bits per heavy atom. The van der Waals surface area contributed by atoms with Crippen molar-refractivity contribution in [2.75, 3.05) is 6.61 Å². The summed E-state index contributed by atoms with van der Waals surface area (Å²) in [6, 6.07) is 6.51. The Labute approximate surface area is 114 Å². The van der Waals surface area contributed by atoms with Crippen LogP contribution in [0.4, 0.5) is 13.2 Å². The number of hydrogen-bond acceptors (Lipinski definition) is 2. The number of Topliss-reactive ketones (excluding diaryl/α,β-unsaturated/α-hetero) is 1. The molecule has 0 aromatic heterocycles. The van der Waals surface area contributed by atoms with Crippen LogP contribution in [0.15, 0.2) is 24.3 Å². The lowest BCUT2D eigenvalue weighted by Crippen LogP contribution is -2.44. The zero-order valence-corrected chi connectivity index (χ0v) is 10.9. The standard InChI is InChI=1S/C15H15F3O2/c16-15(17,18)13-11-5-1-2-6-12(11)14(9-20-13)7-3-4-10(19)8-14/h1-2,5-6,13H,3-4,7-9H2. The molecule has 1 saturated carbocycles. The van der Waals surface area contributed by atoms with Crippen molar-refractivity contribution in [3.63, 3.8) is 0 Å². The highest BCUT2D eigenvalue weighted by molar-refractivity contribution is 5.81. The summed E-state index contributed by atoms with van der Waals surface area (Å²) in [4.78, 5) is 11.7.